The number of nitrogens with zero attached hydrogens (tertiary/aromatic N) is 5. The Labute approximate surface area is 670 Å². The number of amides is 9. The van der Waals surface area contributed by atoms with Crippen LogP contribution in [0, 0.1) is 19.8 Å². The first-order valence-electron chi connectivity index (χ1n) is 36.4. The Bertz CT molecular complexity index is 4450. The van der Waals surface area contributed by atoms with Gasteiger partial charge >= 0.3 is 40.9 Å². The van der Waals surface area contributed by atoms with E-state index in [1.165, 1.54) is 45.1 Å². The molecule has 39 heteroatoms. The number of carboxylic acid groups (broad SMARTS) is 4. The first kappa shape index (κ1) is 93.6. The predicted molar refractivity (Wildman–Crippen MR) is 418 cm³/mol. The number of aliphatic hydroxyl groups is 1. The Kier molecular flexibility index (Phi) is 35.4. The third-order valence-corrected chi connectivity index (χ3v) is 21.9. The number of aryl methyl sites for hydroxylation is 3. The van der Waals surface area contributed by atoms with E-state index in [4.69, 9.17) is 37.1 Å². The van der Waals surface area contributed by atoms with Crippen molar-refractivity contribution in [2.75, 3.05) is 18.1 Å². The molecule has 0 aromatic carbocycles. The van der Waals surface area contributed by atoms with Crippen molar-refractivity contribution in [2.24, 2.45) is 23.1 Å². The molecule has 0 fully saturated rings. The molecule has 0 radical (unpaired) electrons. The van der Waals surface area contributed by atoms with E-state index in [1.54, 1.807) is 31.2 Å². The van der Waals surface area contributed by atoms with Gasteiger partial charge in [-0.1, -0.05) is 54.8 Å². The van der Waals surface area contributed by atoms with Crippen LogP contribution in [0.15, 0.2) is 36.8 Å². The molecule has 0 saturated heterocycles. The minimum absolute atomic E-state index is 0. The number of aliphatic hydroxyl groups excluding tert-OH is 1. The van der Waals surface area contributed by atoms with Crippen LogP contribution in [0.5, 0.6) is 0 Å². The van der Waals surface area contributed by atoms with Gasteiger partial charge in [-0.05, 0) is 141 Å². The van der Waals surface area contributed by atoms with Crippen LogP contribution in [0.25, 0.3) is 44.4 Å². The second-order valence-electron chi connectivity index (χ2n) is 28.1. The third-order valence-electron chi connectivity index (χ3n) is 19.3. The summed E-state index contributed by atoms with van der Waals surface area (Å²) in [6.07, 6.45) is -1.22. The monoisotopic (exact) mass is 1650 g/mol. The van der Waals surface area contributed by atoms with Gasteiger partial charge in [0.1, 0.15) is 48.3 Å². The average Bonchev–Trinajstić information content (AvgIpc) is 1.61. The molecule has 0 aliphatic carbocycles. The minimum Gasteiger partial charge on any atom is -0.657 e. The van der Waals surface area contributed by atoms with Crippen molar-refractivity contribution in [2.45, 2.75) is 217 Å². The number of H-pyrrole nitrogens is 1. The normalized spacial score (nSPS) is 19.3. The van der Waals surface area contributed by atoms with Crippen molar-refractivity contribution in [3.8, 4) is 0 Å². The molecule has 3 aliphatic heterocycles. The SMILES string of the molecule is CC1=C(CCC(=O)O)c2cc3[n-]c(cc4nc5cc6[n-]c(cc1n2)c(C)c6C(C)SCC(C(=O)NC(Cc1cnc[nH]1)C(=O)NC(C(=O)NC(C(=O)NC(CCC(=O)O)C(=O)NC(CCCCN)C(=O)O)C(C)C)C(C)O)NC(=O)C(CCC(N)=O)NC(=O)C(C)NC(=O)C(N)CSC(C)C4=C5C)c(C)c3CCC(=O)O.N.[Fe+2]. The number of unbranched alkanes of at least 4 members (excludes halogenated alkanes) is 1. The van der Waals surface area contributed by atoms with Gasteiger partial charge in [0.05, 0.1) is 41.2 Å². The average molecular weight is 1650 g/mol. The van der Waals surface area contributed by atoms with Crippen LogP contribution in [-0.2, 0) is 92.2 Å². The molecule has 23 N–H and O–H groups in total. The number of allylic oxidation sites excluding steroid dienone is 3. The van der Waals surface area contributed by atoms with Crippen molar-refractivity contribution in [3.63, 3.8) is 0 Å². The molecule has 3 aliphatic rings. The van der Waals surface area contributed by atoms with E-state index in [0.29, 0.717) is 96.7 Å². The van der Waals surface area contributed by atoms with E-state index in [-0.39, 0.29) is 79.1 Å². The molecule has 4 aromatic rings. The number of aromatic amines is 1. The largest absolute Gasteiger partial charge is 2.00 e. The van der Waals surface area contributed by atoms with Gasteiger partial charge in [0.15, 0.2) is 0 Å². The number of rotatable bonds is 31. The van der Waals surface area contributed by atoms with Gasteiger partial charge in [0.2, 0.25) is 53.2 Å². The van der Waals surface area contributed by atoms with Crippen LogP contribution in [-0.4, -0.2) is 206 Å². The van der Waals surface area contributed by atoms with E-state index < -0.39 is 186 Å². The number of primary amides is 1. The number of carboxylic acids is 4. The molecule has 9 amide bonds. The summed E-state index contributed by atoms with van der Waals surface area (Å²) in [5.41, 5.74) is 26.6. The molecule has 616 valence electrons. The van der Waals surface area contributed by atoms with Crippen LogP contribution in [0.3, 0.4) is 0 Å². The van der Waals surface area contributed by atoms with Crippen molar-refractivity contribution in [1.82, 2.24) is 78.6 Å². The summed E-state index contributed by atoms with van der Waals surface area (Å²) in [6.45, 7) is 16.8. The zero-order chi connectivity index (χ0) is 82.0. The molecule has 0 spiro atoms. The predicted octanol–water partition coefficient (Wildman–Crippen LogP) is 1.59. The van der Waals surface area contributed by atoms with E-state index in [9.17, 15) is 83.1 Å². The Balaban J connectivity index is 0.0000114. The molecule has 0 saturated carbocycles. The second kappa shape index (κ2) is 42.7. The van der Waals surface area contributed by atoms with Gasteiger partial charge in [-0.3, -0.25) is 57.5 Å². The van der Waals surface area contributed by atoms with Crippen LogP contribution in [0.2, 0.25) is 0 Å². The molecule has 36 nitrogen and oxygen atoms in total. The molecule has 7 rings (SSSR count). The summed E-state index contributed by atoms with van der Waals surface area (Å²) in [6, 6.07) is -7.07. The number of nitrogens with one attached hydrogen (secondary N) is 9. The number of carbonyl (C=O) groups excluding carboxylic acids is 9. The summed E-state index contributed by atoms with van der Waals surface area (Å²) >= 11 is 2.47. The van der Waals surface area contributed by atoms with Crippen molar-refractivity contribution >= 4 is 145 Å². The quantitative estimate of drug-likeness (QED) is 0.0251. The molecule has 9 bridgehead atoms. The first-order chi connectivity index (χ1) is 52.4. The van der Waals surface area contributed by atoms with E-state index in [2.05, 4.69) is 52.5 Å². The maximum Gasteiger partial charge on any atom is 2.00 e. The van der Waals surface area contributed by atoms with Crippen molar-refractivity contribution in [3.05, 3.63) is 87.5 Å². The fraction of sp³-hybridized carbons (Fsp3) is 0.514. The standard InChI is InChI=1S/C74H101N17O18S2.Fe.H3N/c1-32(2)64(72(106)86-46(17-21-61(98)99)68(102)87-47(74(108)109)13-11-12-22-75)90-73(107)65(38(8)92)91-70(104)56(23-41-28-78-31-79-41)88-71(105)57-30-111-40(10)63-35(5)50-24-48-33(3)42(14-19-59(94)95)52(81-48)27-53-43(15-20-60(96)97)34(4)49(82-53)25-54-62(36(6)51(84-54)26-55(63)83-50)39(9)110-29-44(76)67(101)80-37(7)66(100)85-45(69(103)89-57)16-18-58(77)93;;/h24-28,31-32,37-40,44-47,56-57,64-65,92H,11-23,29-30,75-76H2,1-10H3,(H17,77,78,79,80,81,82,83,84,85,86,87,88,89,90,91,93,94,95,96,97,98,99,100,101,102,103,104,105,106,107,108,109);;1H3/q;+2;/p-2. The zero-order valence-corrected chi connectivity index (χ0v) is 67.2. The Morgan fingerprint density at radius 2 is 1.19 bits per heavy atom. The summed E-state index contributed by atoms with van der Waals surface area (Å²) in [5, 5.41) is 69.7. The third kappa shape index (κ3) is 25.5. The Morgan fingerprint density at radius 1 is 0.619 bits per heavy atom. The minimum atomic E-state index is -1.91. The number of hydrogen-bond donors (Lipinski definition) is 18. The maximum atomic E-state index is 15.4. The molecule has 12 unspecified atom stereocenters. The van der Waals surface area contributed by atoms with Gasteiger partial charge in [0, 0.05) is 66.0 Å². The number of hydrogen-bond acceptors (Lipinski definition) is 22. The maximum absolute atomic E-state index is 15.4. The van der Waals surface area contributed by atoms with Crippen molar-refractivity contribution < 1.29 is 105 Å². The van der Waals surface area contributed by atoms with E-state index in [1.807, 2.05) is 34.6 Å². The zero-order valence-electron chi connectivity index (χ0n) is 64.5. The molecule has 7 heterocycles. The number of aliphatic carboxylic acids is 4. The number of aromatic nitrogens is 6. The van der Waals surface area contributed by atoms with Crippen molar-refractivity contribution in [1.29, 1.82) is 0 Å². The summed E-state index contributed by atoms with van der Waals surface area (Å²) in [7, 11) is 0. The van der Waals surface area contributed by atoms with Gasteiger partial charge in [-0.2, -0.15) is 23.5 Å². The summed E-state index contributed by atoms with van der Waals surface area (Å²) in [4.78, 5) is 204. The molecular formula is C74H102FeN18O18S2. The van der Waals surface area contributed by atoms with E-state index in [0.717, 1.165) is 24.3 Å². The van der Waals surface area contributed by atoms with E-state index >= 15 is 4.79 Å². The topological polar surface area (TPSA) is 615 Å². The smallest absolute Gasteiger partial charge is 0.657 e. The molecule has 113 heavy (non-hydrogen) atoms. The van der Waals surface area contributed by atoms with Crippen LogP contribution in [0.4, 0.5) is 0 Å². The number of carbonyl (C=O) groups is 13. The fourth-order valence-corrected chi connectivity index (χ4v) is 15.2. The fourth-order valence-electron chi connectivity index (χ4n) is 12.9. The Hall–Kier alpha value is -10.0. The van der Waals surface area contributed by atoms with Gasteiger partial charge < -0.3 is 106 Å². The number of nitrogens with two attached hydrogens (primary N) is 3. The van der Waals surface area contributed by atoms with Crippen LogP contribution >= 0.6 is 23.5 Å². The number of fused-ring (bicyclic) bond motifs is 7. The summed E-state index contributed by atoms with van der Waals surface area (Å²) < 4.78 is 0. The number of thioether (sulfide) groups is 2. The van der Waals surface area contributed by atoms with Gasteiger partial charge in [-0.25, -0.2) is 19.7 Å². The first-order valence-corrected chi connectivity index (χ1v) is 38.5. The van der Waals surface area contributed by atoms with Crippen LogP contribution < -0.4 is 75.9 Å². The van der Waals surface area contributed by atoms with Gasteiger partial charge in [0.25, 0.3) is 0 Å². The second-order valence-corrected chi connectivity index (χ2v) is 30.8. The van der Waals surface area contributed by atoms with Gasteiger partial charge in [-0.15, -0.1) is 22.1 Å². The molecule has 12 atom stereocenters. The molecule has 4 aromatic heterocycles. The summed E-state index contributed by atoms with van der Waals surface area (Å²) in [5.74, 6) is -14.9. The number of imidazole rings is 1. The Morgan fingerprint density at radius 3 is 1.81 bits per heavy atom. The van der Waals surface area contributed by atoms with Crippen LogP contribution in [0.1, 0.15) is 176 Å². The molecular weight excluding hydrogens is 1550 g/mol.